The first-order valence-electron chi connectivity index (χ1n) is 8.41. The SMILES string of the molecule is COc1cc(OC)c(CN2C[C@@H]3CC[C@H]2CN(C(C)=O)C3)cc1Cl. The zero-order valence-electron chi connectivity index (χ0n) is 14.5. The summed E-state index contributed by atoms with van der Waals surface area (Å²) in [6.45, 7) is 5.16. The highest BCUT2D eigenvalue weighted by Crippen LogP contribution is 2.35. The lowest BCUT2D eigenvalue weighted by molar-refractivity contribution is -0.129. The fraction of sp³-hybridized carbons (Fsp3) is 0.611. The average Bonchev–Trinajstić information content (AvgIpc) is 2.87. The van der Waals surface area contributed by atoms with Crippen molar-refractivity contribution in [3.8, 4) is 11.5 Å². The number of piperidine rings is 1. The molecule has 3 fully saturated rings. The minimum atomic E-state index is 0.179. The minimum Gasteiger partial charge on any atom is -0.496 e. The smallest absolute Gasteiger partial charge is 0.219 e. The van der Waals surface area contributed by atoms with Crippen molar-refractivity contribution in [1.29, 1.82) is 0 Å². The Bertz CT molecular complexity index is 623. The number of amides is 1. The van der Waals surface area contributed by atoms with Crippen LogP contribution >= 0.6 is 11.6 Å². The number of ether oxygens (including phenoxy) is 2. The molecule has 0 aliphatic carbocycles. The lowest BCUT2D eigenvalue weighted by Gasteiger charge is -2.36. The van der Waals surface area contributed by atoms with Crippen LogP contribution in [0.2, 0.25) is 5.02 Å². The van der Waals surface area contributed by atoms with Crippen LogP contribution in [0.25, 0.3) is 0 Å². The van der Waals surface area contributed by atoms with Crippen molar-refractivity contribution in [3.63, 3.8) is 0 Å². The van der Waals surface area contributed by atoms with Crippen molar-refractivity contribution in [2.45, 2.75) is 32.4 Å². The highest BCUT2D eigenvalue weighted by atomic mass is 35.5. The van der Waals surface area contributed by atoms with Gasteiger partial charge < -0.3 is 14.4 Å². The first kappa shape index (κ1) is 17.4. The van der Waals surface area contributed by atoms with Crippen LogP contribution in [0.4, 0.5) is 0 Å². The number of hydrogen-bond donors (Lipinski definition) is 0. The van der Waals surface area contributed by atoms with Gasteiger partial charge in [0, 0.05) is 50.8 Å². The first-order chi connectivity index (χ1) is 11.5. The van der Waals surface area contributed by atoms with E-state index < -0.39 is 0 Å². The molecule has 132 valence electrons. The molecule has 0 radical (unpaired) electrons. The summed E-state index contributed by atoms with van der Waals surface area (Å²) in [6.07, 6.45) is 2.34. The monoisotopic (exact) mass is 352 g/mol. The van der Waals surface area contributed by atoms with Gasteiger partial charge in [-0.3, -0.25) is 9.69 Å². The van der Waals surface area contributed by atoms with Crippen LogP contribution < -0.4 is 9.47 Å². The van der Waals surface area contributed by atoms with E-state index in [0.717, 1.165) is 43.9 Å². The number of rotatable bonds is 4. The van der Waals surface area contributed by atoms with Gasteiger partial charge in [-0.2, -0.15) is 0 Å². The predicted octanol–water partition coefficient (Wildman–Crippen LogP) is 2.80. The van der Waals surface area contributed by atoms with E-state index >= 15 is 0 Å². The molecule has 3 aliphatic rings. The number of fused-ring (bicyclic) bond motifs is 4. The summed E-state index contributed by atoms with van der Waals surface area (Å²) in [5.41, 5.74) is 1.06. The van der Waals surface area contributed by atoms with E-state index in [0.29, 0.717) is 22.7 Å². The van der Waals surface area contributed by atoms with Crippen LogP contribution in [0.5, 0.6) is 11.5 Å². The highest BCUT2D eigenvalue weighted by Gasteiger charge is 2.35. The number of nitrogens with zero attached hydrogens (tertiary/aromatic N) is 2. The quantitative estimate of drug-likeness (QED) is 0.835. The first-order valence-corrected chi connectivity index (χ1v) is 8.79. The van der Waals surface area contributed by atoms with Gasteiger partial charge in [-0.25, -0.2) is 0 Å². The summed E-state index contributed by atoms with van der Waals surface area (Å²) in [6, 6.07) is 4.18. The standard InChI is InChI=1S/C18H25ClN2O3/c1-12(22)20-8-13-4-5-15(11-20)21(9-13)10-14-6-16(19)18(24-3)7-17(14)23-2/h6-7,13,15H,4-5,8-11H2,1-3H3/t13-,15+/m1/s1. The molecule has 3 heterocycles. The molecule has 4 rings (SSSR count). The third-order valence-electron chi connectivity index (χ3n) is 5.20. The zero-order valence-corrected chi connectivity index (χ0v) is 15.3. The predicted molar refractivity (Wildman–Crippen MR) is 93.7 cm³/mol. The van der Waals surface area contributed by atoms with Crippen molar-refractivity contribution in [2.24, 2.45) is 5.92 Å². The second kappa shape index (κ2) is 7.19. The third-order valence-corrected chi connectivity index (χ3v) is 5.50. The van der Waals surface area contributed by atoms with Crippen molar-refractivity contribution < 1.29 is 14.3 Å². The molecule has 2 atom stereocenters. The molecule has 0 aromatic heterocycles. The Kier molecular flexibility index (Phi) is 5.21. The largest absolute Gasteiger partial charge is 0.496 e. The van der Waals surface area contributed by atoms with E-state index in [2.05, 4.69) is 4.90 Å². The summed E-state index contributed by atoms with van der Waals surface area (Å²) >= 11 is 6.30. The van der Waals surface area contributed by atoms with Gasteiger partial charge in [0.25, 0.3) is 0 Å². The molecule has 0 unspecified atom stereocenters. The fourth-order valence-corrected chi connectivity index (χ4v) is 4.16. The van der Waals surface area contributed by atoms with Gasteiger partial charge in [0.2, 0.25) is 5.91 Å². The molecule has 3 aliphatic heterocycles. The molecule has 6 heteroatoms. The minimum absolute atomic E-state index is 0.179. The Morgan fingerprint density at radius 2 is 1.92 bits per heavy atom. The van der Waals surface area contributed by atoms with Crippen LogP contribution in [-0.2, 0) is 11.3 Å². The van der Waals surface area contributed by atoms with E-state index in [-0.39, 0.29) is 5.91 Å². The molecule has 0 saturated carbocycles. The molecule has 5 nitrogen and oxygen atoms in total. The van der Waals surface area contributed by atoms with Crippen molar-refractivity contribution >= 4 is 17.5 Å². The number of carbonyl (C=O) groups excluding carboxylic acids is 1. The van der Waals surface area contributed by atoms with Crippen LogP contribution in [-0.4, -0.2) is 55.6 Å². The zero-order chi connectivity index (χ0) is 17.3. The Hall–Kier alpha value is -1.46. The Labute approximate surface area is 148 Å². The second-order valence-corrected chi connectivity index (χ2v) is 7.16. The van der Waals surface area contributed by atoms with Crippen molar-refractivity contribution in [3.05, 3.63) is 22.7 Å². The van der Waals surface area contributed by atoms with E-state index in [1.165, 1.54) is 6.42 Å². The summed E-state index contributed by atoms with van der Waals surface area (Å²) in [5, 5.41) is 0.596. The number of benzene rings is 1. The molecular formula is C18H25ClN2O3. The summed E-state index contributed by atoms with van der Waals surface area (Å²) < 4.78 is 10.8. The maximum absolute atomic E-state index is 11.8. The molecule has 3 saturated heterocycles. The molecule has 1 amide bonds. The van der Waals surface area contributed by atoms with Gasteiger partial charge >= 0.3 is 0 Å². The van der Waals surface area contributed by atoms with Gasteiger partial charge in [-0.1, -0.05) is 11.6 Å². The summed E-state index contributed by atoms with van der Waals surface area (Å²) in [5.74, 6) is 2.14. The van der Waals surface area contributed by atoms with Crippen LogP contribution in [0, 0.1) is 5.92 Å². The maximum atomic E-state index is 11.8. The molecule has 1 aromatic carbocycles. The Balaban J connectivity index is 1.81. The topological polar surface area (TPSA) is 42.0 Å². The van der Waals surface area contributed by atoms with E-state index in [1.54, 1.807) is 21.1 Å². The summed E-state index contributed by atoms with van der Waals surface area (Å²) in [4.78, 5) is 16.3. The molecule has 24 heavy (non-hydrogen) atoms. The van der Waals surface area contributed by atoms with Crippen molar-refractivity contribution in [1.82, 2.24) is 9.80 Å². The van der Waals surface area contributed by atoms with Gasteiger partial charge in [0.15, 0.2) is 0 Å². The third kappa shape index (κ3) is 3.47. The van der Waals surface area contributed by atoms with Gasteiger partial charge in [-0.15, -0.1) is 0 Å². The van der Waals surface area contributed by atoms with E-state index in [4.69, 9.17) is 21.1 Å². The van der Waals surface area contributed by atoms with Gasteiger partial charge in [0.05, 0.1) is 19.2 Å². The van der Waals surface area contributed by atoms with Crippen LogP contribution in [0.3, 0.4) is 0 Å². The maximum Gasteiger partial charge on any atom is 0.219 e. The van der Waals surface area contributed by atoms with Crippen molar-refractivity contribution in [2.75, 3.05) is 33.9 Å². The highest BCUT2D eigenvalue weighted by molar-refractivity contribution is 6.32. The Morgan fingerprint density at radius 1 is 1.17 bits per heavy atom. The van der Waals surface area contributed by atoms with Crippen LogP contribution in [0.1, 0.15) is 25.3 Å². The number of halogens is 1. The molecule has 0 spiro atoms. The number of carbonyl (C=O) groups is 1. The molecule has 1 aromatic rings. The summed E-state index contributed by atoms with van der Waals surface area (Å²) in [7, 11) is 3.27. The average molecular weight is 353 g/mol. The van der Waals surface area contributed by atoms with Crippen LogP contribution in [0.15, 0.2) is 12.1 Å². The normalized spacial score (nSPS) is 23.9. The van der Waals surface area contributed by atoms with Gasteiger partial charge in [0.1, 0.15) is 11.5 Å². The second-order valence-electron chi connectivity index (χ2n) is 6.75. The number of hydrogen-bond acceptors (Lipinski definition) is 4. The molecular weight excluding hydrogens is 328 g/mol. The van der Waals surface area contributed by atoms with Gasteiger partial charge in [-0.05, 0) is 24.8 Å². The Morgan fingerprint density at radius 3 is 2.58 bits per heavy atom. The molecule has 2 bridgehead atoms. The lowest BCUT2D eigenvalue weighted by Crippen LogP contribution is -2.43. The fourth-order valence-electron chi connectivity index (χ4n) is 3.89. The number of methoxy groups -OCH3 is 2. The lowest BCUT2D eigenvalue weighted by atomic mass is 9.94. The van der Waals surface area contributed by atoms with E-state index in [9.17, 15) is 4.79 Å². The molecule has 0 N–H and O–H groups in total. The van der Waals surface area contributed by atoms with E-state index in [1.807, 2.05) is 17.0 Å².